The molecule has 1 aromatic carbocycles. The van der Waals surface area contributed by atoms with E-state index in [1.807, 2.05) is 26.0 Å². The molecule has 1 unspecified atom stereocenters. The summed E-state index contributed by atoms with van der Waals surface area (Å²) in [5, 5.41) is 12.2. The highest BCUT2D eigenvalue weighted by Crippen LogP contribution is 2.11. The van der Waals surface area contributed by atoms with Gasteiger partial charge in [0, 0.05) is 19.7 Å². The van der Waals surface area contributed by atoms with Crippen molar-refractivity contribution in [1.82, 2.24) is 5.32 Å². The molecule has 90 valence electrons. The molecule has 0 amide bonds. The van der Waals surface area contributed by atoms with Crippen molar-refractivity contribution in [3.05, 3.63) is 29.8 Å². The highest BCUT2D eigenvalue weighted by Gasteiger charge is 1.99. The van der Waals surface area contributed by atoms with Crippen LogP contribution in [-0.2, 0) is 6.54 Å². The normalized spacial score (nSPS) is 12.4. The van der Waals surface area contributed by atoms with Gasteiger partial charge in [-0.2, -0.15) is 0 Å². The van der Waals surface area contributed by atoms with Crippen molar-refractivity contribution in [2.45, 2.75) is 20.4 Å². The smallest absolute Gasteiger partial charge is 0.119 e. The largest absolute Gasteiger partial charge is 0.494 e. The Labute approximate surface area is 97.4 Å². The lowest BCUT2D eigenvalue weighted by molar-refractivity contribution is 0.233. The lowest BCUT2D eigenvalue weighted by atomic mass is 10.2. The summed E-state index contributed by atoms with van der Waals surface area (Å²) in [6.07, 6.45) is 0. The lowest BCUT2D eigenvalue weighted by Crippen LogP contribution is -2.22. The lowest BCUT2D eigenvalue weighted by Gasteiger charge is -2.10. The number of hydrogen-bond acceptors (Lipinski definition) is 3. The van der Waals surface area contributed by atoms with Crippen LogP contribution in [0.4, 0.5) is 0 Å². The van der Waals surface area contributed by atoms with Crippen LogP contribution < -0.4 is 10.1 Å². The molecule has 3 heteroatoms. The Balaban J connectivity index is 2.31. The van der Waals surface area contributed by atoms with Gasteiger partial charge in [0.05, 0.1) is 6.61 Å². The Morgan fingerprint density at radius 3 is 2.56 bits per heavy atom. The van der Waals surface area contributed by atoms with Crippen LogP contribution in [-0.4, -0.2) is 24.9 Å². The molecule has 1 rings (SSSR count). The van der Waals surface area contributed by atoms with Crippen molar-refractivity contribution >= 4 is 0 Å². The van der Waals surface area contributed by atoms with Crippen molar-refractivity contribution in [3.8, 4) is 5.75 Å². The molecule has 0 heterocycles. The SMILES string of the molecule is CCOc1ccc(CNCC(C)CO)cc1. The van der Waals surface area contributed by atoms with Gasteiger partial charge in [-0.25, -0.2) is 0 Å². The van der Waals surface area contributed by atoms with Crippen molar-refractivity contribution in [2.75, 3.05) is 19.8 Å². The standard InChI is InChI=1S/C13H21NO2/c1-3-16-13-6-4-12(5-7-13)9-14-8-11(2)10-15/h4-7,11,14-15H,3,8-10H2,1-2H3. The summed E-state index contributed by atoms with van der Waals surface area (Å²) < 4.78 is 5.37. The van der Waals surface area contributed by atoms with Crippen LogP contribution in [0.25, 0.3) is 0 Å². The zero-order chi connectivity index (χ0) is 11.8. The molecule has 1 atom stereocenters. The third kappa shape index (κ3) is 4.64. The van der Waals surface area contributed by atoms with Crippen LogP contribution in [0, 0.1) is 5.92 Å². The maximum Gasteiger partial charge on any atom is 0.119 e. The topological polar surface area (TPSA) is 41.5 Å². The number of hydrogen-bond donors (Lipinski definition) is 2. The first kappa shape index (κ1) is 13.0. The third-order valence-electron chi connectivity index (χ3n) is 2.37. The summed E-state index contributed by atoms with van der Waals surface area (Å²) in [6.45, 7) is 6.60. The van der Waals surface area contributed by atoms with Crippen LogP contribution in [0.2, 0.25) is 0 Å². The van der Waals surface area contributed by atoms with E-state index in [1.165, 1.54) is 5.56 Å². The van der Waals surface area contributed by atoms with E-state index in [2.05, 4.69) is 17.4 Å². The van der Waals surface area contributed by atoms with E-state index in [0.29, 0.717) is 12.5 Å². The number of benzene rings is 1. The van der Waals surface area contributed by atoms with E-state index in [9.17, 15) is 0 Å². The summed E-state index contributed by atoms with van der Waals surface area (Å²) in [5.41, 5.74) is 1.23. The Morgan fingerprint density at radius 2 is 2.00 bits per heavy atom. The summed E-state index contributed by atoms with van der Waals surface area (Å²) in [5.74, 6) is 1.22. The molecule has 0 spiro atoms. The predicted molar refractivity (Wildman–Crippen MR) is 65.6 cm³/mol. The minimum Gasteiger partial charge on any atom is -0.494 e. The van der Waals surface area contributed by atoms with Gasteiger partial charge in [0.1, 0.15) is 5.75 Å². The van der Waals surface area contributed by atoms with Crippen molar-refractivity contribution in [3.63, 3.8) is 0 Å². The summed E-state index contributed by atoms with van der Waals surface area (Å²) in [4.78, 5) is 0. The first-order valence-corrected chi connectivity index (χ1v) is 5.79. The number of ether oxygens (including phenoxy) is 1. The molecular weight excluding hydrogens is 202 g/mol. The van der Waals surface area contributed by atoms with Crippen molar-refractivity contribution in [2.24, 2.45) is 5.92 Å². The van der Waals surface area contributed by atoms with Gasteiger partial charge in [-0.15, -0.1) is 0 Å². The highest BCUT2D eigenvalue weighted by molar-refractivity contribution is 5.27. The minimum absolute atomic E-state index is 0.232. The van der Waals surface area contributed by atoms with E-state index >= 15 is 0 Å². The second kappa shape index (κ2) is 7.25. The molecule has 0 saturated heterocycles. The van der Waals surface area contributed by atoms with E-state index in [-0.39, 0.29) is 6.61 Å². The number of aliphatic hydroxyl groups excluding tert-OH is 1. The van der Waals surface area contributed by atoms with E-state index in [4.69, 9.17) is 9.84 Å². The molecule has 0 aromatic heterocycles. The Kier molecular flexibility index (Phi) is 5.90. The third-order valence-corrected chi connectivity index (χ3v) is 2.37. The summed E-state index contributed by atoms with van der Waals surface area (Å²) in [7, 11) is 0. The fourth-order valence-electron chi connectivity index (χ4n) is 1.40. The first-order chi connectivity index (χ1) is 7.76. The van der Waals surface area contributed by atoms with Crippen LogP contribution in [0.1, 0.15) is 19.4 Å². The first-order valence-electron chi connectivity index (χ1n) is 5.79. The van der Waals surface area contributed by atoms with Gasteiger partial charge in [0.25, 0.3) is 0 Å². The average molecular weight is 223 g/mol. The number of rotatable bonds is 7. The highest BCUT2D eigenvalue weighted by atomic mass is 16.5. The molecule has 0 aliphatic heterocycles. The molecule has 1 aromatic rings. The van der Waals surface area contributed by atoms with Crippen molar-refractivity contribution in [1.29, 1.82) is 0 Å². The van der Waals surface area contributed by atoms with Crippen molar-refractivity contribution < 1.29 is 9.84 Å². The number of nitrogens with one attached hydrogen (secondary N) is 1. The van der Waals surface area contributed by atoms with Gasteiger partial charge in [0.2, 0.25) is 0 Å². The quantitative estimate of drug-likeness (QED) is 0.740. The minimum atomic E-state index is 0.232. The average Bonchev–Trinajstić information content (AvgIpc) is 2.31. The fraction of sp³-hybridized carbons (Fsp3) is 0.538. The van der Waals surface area contributed by atoms with Crippen LogP contribution >= 0.6 is 0 Å². The van der Waals surface area contributed by atoms with Gasteiger partial charge in [-0.05, 0) is 30.5 Å². The molecule has 0 saturated carbocycles. The molecule has 0 bridgehead atoms. The van der Waals surface area contributed by atoms with Gasteiger partial charge in [-0.3, -0.25) is 0 Å². The molecule has 16 heavy (non-hydrogen) atoms. The zero-order valence-electron chi connectivity index (χ0n) is 10.1. The van der Waals surface area contributed by atoms with E-state index in [1.54, 1.807) is 0 Å². The monoisotopic (exact) mass is 223 g/mol. The van der Waals surface area contributed by atoms with Crippen LogP contribution in [0.15, 0.2) is 24.3 Å². The molecule has 0 aliphatic rings. The Bertz CT molecular complexity index is 284. The molecule has 0 radical (unpaired) electrons. The molecule has 2 N–H and O–H groups in total. The maximum absolute atomic E-state index is 8.87. The maximum atomic E-state index is 8.87. The zero-order valence-corrected chi connectivity index (χ0v) is 10.1. The Morgan fingerprint density at radius 1 is 1.31 bits per heavy atom. The van der Waals surface area contributed by atoms with E-state index in [0.717, 1.165) is 18.8 Å². The predicted octanol–water partition coefficient (Wildman–Crippen LogP) is 1.80. The van der Waals surface area contributed by atoms with Crippen LogP contribution in [0.3, 0.4) is 0 Å². The second-order valence-corrected chi connectivity index (χ2v) is 4.00. The van der Waals surface area contributed by atoms with Gasteiger partial charge < -0.3 is 15.2 Å². The molecule has 3 nitrogen and oxygen atoms in total. The van der Waals surface area contributed by atoms with Gasteiger partial charge in [0.15, 0.2) is 0 Å². The summed E-state index contributed by atoms with van der Waals surface area (Å²) >= 11 is 0. The summed E-state index contributed by atoms with van der Waals surface area (Å²) in [6, 6.07) is 8.08. The Hall–Kier alpha value is -1.06. The number of aliphatic hydroxyl groups is 1. The van der Waals surface area contributed by atoms with E-state index < -0.39 is 0 Å². The molecular formula is C13H21NO2. The fourth-order valence-corrected chi connectivity index (χ4v) is 1.40. The second-order valence-electron chi connectivity index (χ2n) is 4.00. The molecule has 0 fully saturated rings. The van der Waals surface area contributed by atoms with Gasteiger partial charge in [-0.1, -0.05) is 19.1 Å². The van der Waals surface area contributed by atoms with Crippen LogP contribution in [0.5, 0.6) is 5.75 Å². The van der Waals surface area contributed by atoms with Gasteiger partial charge >= 0.3 is 0 Å². The molecule has 0 aliphatic carbocycles.